The van der Waals surface area contributed by atoms with E-state index in [0.717, 1.165) is 18.4 Å². The van der Waals surface area contributed by atoms with Crippen molar-refractivity contribution in [3.05, 3.63) is 35.9 Å². The first-order valence-corrected chi connectivity index (χ1v) is 5.50. The van der Waals surface area contributed by atoms with Gasteiger partial charge in [0.1, 0.15) is 5.78 Å². The van der Waals surface area contributed by atoms with Crippen molar-refractivity contribution in [3.8, 4) is 0 Å². The second-order valence-electron chi connectivity index (χ2n) is 3.96. The third-order valence-corrected chi connectivity index (χ3v) is 2.61. The monoisotopic (exact) mass is 205 g/mol. The van der Waals surface area contributed by atoms with E-state index in [9.17, 15) is 4.79 Å². The van der Waals surface area contributed by atoms with Crippen LogP contribution in [0.15, 0.2) is 30.3 Å². The van der Waals surface area contributed by atoms with E-state index in [4.69, 9.17) is 5.73 Å². The van der Waals surface area contributed by atoms with E-state index in [0.29, 0.717) is 18.7 Å². The largest absolute Gasteiger partial charge is 0.330 e. The second-order valence-corrected chi connectivity index (χ2v) is 3.96. The molecule has 0 aliphatic rings. The Balaban J connectivity index is 2.42. The van der Waals surface area contributed by atoms with Crippen LogP contribution >= 0.6 is 0 Å². The van der Waals surface area contributed by atoms with Gasteiger partial charge >= 0.3 is 0 Å². The summed E-state index contributed by atoms with van der Waals surface area (Å²) in [4.78, 5) is 11.8. The van der Waals surface area contributed by atoms with Crippen LogP contribution in [0.5, 0.6) is 0 Å². The molecule has 0 radical (unpaired) electrons. The van der Waals surface area contributed by atoms with E-state index >= 15 is 0 Å². The first-order valence-electron chi connectivity index (χ1n) is 5.50. The van der Waals surface area contributed by atoms with Gasteiger partial charge in [-0.2, -0.15) is 0 Å². The third-order valence-electron chi connectivity index (χ3n) is 2.61. The van der Waals surface area contributed by atoms with Gasteiger partial charge in [0.25, 0.3) is 0 Å². The predicted octanol–water partition coefficient (Wildman–Crippen LogP) is 2.17. The van der Waals surface area contributed by atoms with Crippen molar-refractivity contribution in [1.82, 2.24) is 0 Å². The van der Waals surface area contributed by atoms with E-state index in [1.165, 1.54) is 0 Å². The van der Waals surface area contributed by atoms with E-state index in [-0.39, 0.29) is 5.92 Å². The van der Waals surface area contributed by atoms with Crippen LogP contribution in [0, 0.1) is 5.92 Å². The molecule has 82 valence electrons. The Labute approximate surface area is 91.5 Å². The van der Waals surface area contributed by atoms with E-state index < -0.39 is 0 Å². The fraction of sp³-hybridized carbons (Fsp3) is 0.462. The quantitative estimate of drug-likeness (QED) is 0.773. The molecule has 0 aliphatic carbocycles. The Morgan fingerprint density at radius 1 is 1.33 bits per heavy atom. The molecule has 1 atom stereocenters. The molecule has 0 aliphatic heterocycles. The molecule has 0 saturated heterocycles. The van der Waals surface area contributed by atoms with Crippen molar-refractivity contribution < 1.29 is 4.79 Å². The smallest absolute Gasteiger partial charge is 0.140 e. The zero-order valence-corrected chi connectivity index (χ0v) is 9.28. The van der Waals surface area contributed by atoms with Crippen LogP contribution in [-0.4, -0.2) is 12.3 Å². The Hall–Kier alpha value is -1.15. The molecular weight excluding hydrogens is 186 g/mol. The van der Waals surface area contributed by atoms with Crippen molar-refractivity contribution in [2.24, 2.45) is 11.7 Å². The van der Waals surface area contributed by atoms with Crippen molar-refractivity contribution in [1.29, 1.82) is 0 Å². The van der Waals surface area contributed by atoms with Gasteiger partial charge in [-0.25, -0.2) is 0 Å². The minimum Gasteiger partial charge on any atom is -0.330 e. The van der Waals surface area contributed by atoms with Crippen molar-refractivity contribution in [3.63, 3.8) is 0 Å². The van der Waals surface area contributed by atoms with Gasteiger partial charge in [-0.05, 0) is 24.9 Å². The lowest BCUT2D eigenvalue weighted by Gasteiger charge is -2.09. The highest BCUT2D eigenvalue weighted by atomic mass is 16.1. The van der Waals surface area contributed by atoms with Gasteiger partial charge in [-0.15, -0.1) is 0 Å². The lowest BCUT2D eigenvalue weighted by atomic mass is 9.95. The number of ketones is 1. The average molecular weight is 205 g/mol. The normalized spacial score (nSPS) is 12.4. The SMILES string of the molecule is CC(CCCN)C(=O)Cc1ccccc1. The van der Waals surface area contributed by atoms with Crippen LogP contribution < -0.4 is 5.73 Å². The molecule has 0 spiro atoms. The van der Waals surface area contributed by atoms with Gasteiger partial charge in [0, 0.05) is 12.3 Å². The third kappa shape index (κ3) is 4.26. The standard InChI is InChI=1S/C13H19NO/c1-11(6-5-9-14)13(15)10-12-7-3-2-4-8-12/h2-4,7-8,11H,5-6,9-10,14H2,1H3. The molecule has 0 saturated carbocycles. The second kappa shape index (κ2) is 6.36. The zero-order chi connectivity index (χ0) is 11.1. The van der Waals surface area contributed by atoms with Gasteiger partial charge < -0.3 is 5.73 Å². The highest BCUT2D eigenvalue weighted by Gasteiger charge is 2.12. The molecule has 1 aromatic rings. The van der Waals surface area contributed by atoms with Gasteiger partial charge in [-0.1, -0.05) is 37.3 Å². The summed E-state index contributed by atoms with van der Waals surface area (Å²) in [7, 11) is 0. The lowest BCUT2D eigenvalue weighted by Crippen LogP contribution is -2.15. The Morgan fingerprint density at radius 2 is 2.00 bits per heavy atom. The first kappa shape index (κ1) is 11.9. The fourth-order valence-corrected chi connectivity index (χ4v) is 1.56. The van der Waals surface area contributed by atoms with Gasteiger partial charge in [0.05, 0.1) is 0 Å². The summed E-state index contributed by atoms with van der Waals surface area (Å²) in [6.07, 6.45) is 2.39. The molecule has 2 nitrogen and oxygen atoms in total. The maximum absolute atomic E-state index is 11.8. The Bertz CT molecular complexity index is 295. The van der Waals surface area contributed by atoms with Gasteiger partial charge in [-0.3, -0.25) is 4.79 Å². The fourth-order valence-electron chi connectivity index (χ4n) is 1.56. The van der Waals surface area contributed by atoms with E-state index in [2.05, 4.69) is 0 Å². The van der Waals surface area contributed by atoms with Crippen LogP contribution in [0.2, 0.25) is 0 Å². The molecule has 0 amide bonds. The number of nitrogens with two attached hydrogens (primary N) is 1. The molecule has 1 aromatic carbocycles. The average Bonchev–Trinajstić information content (AvgIpc) is 2.27. The van der Waals surface area contributed by atoms with Crippen molar-refractivity contribution >= 4 is 5.78 Å². The number of benzene rings is 1. The number of hydrogen-bond donors (Lipinski definition) is 1. The summed E-state index contributed by atoms with van der Waals surface area (Å²) >= 11 is 0. The van der Waals surface area contributed by atoms with Gasteiger partial charge in [0.2, 0.25) is 0 Å². The minimum absolute atomic E-state index is 0.133. The first-order chi connectivity index (χ1) is 7.24. The molecular formula is C13H19NO. The summed E-state index contributed by atoms with van der Waals surface area (Å²) in [5.41, 5.74) is 6.52. The molecule has 0 bridgehead atoms. The lowest BCUT2D eigenvalue weighted by molar-refractivity contribution is -0.121. The molecule has 1 rings (SSSR count). The zero-order valence-electron chi connectivity index (χ0n) is 9.28. The molecule has 15 heavy (non-hydrogen) atoms. The topological polar surface area (TPSA) is 43.1 Å². The van der Waals surface area contributed by atoms with Gasteiger partial charge in [0.15, 0.2) is 0 Å². The maximum atomic E-state index is 11.8. The Kier molecular flexibility index (Phi) is 5.05. The molecule has 0 fully saturated rings. The number of hydrogen-bond acceptors (Lipinski definition) is 2. The maximum Gasteiger partial charge on any atom is 0.140 e. The number of Topliss-reactive ketones (excluding diaryl/α,β-unsaturated/α-hetero) is 1. The van der Waals surface area contributed by atoms with E-state index in [1.54, 1.807) is 0 Å². The number of carbonyl (C=O) groups excluding carboxylic acids is 1. The van der Waals surface area contributed by atoms with Crippen molar-refractivity contribution in [2.75, 3.05) is 6.54 Å². The number of rotatable bonds is 6. The molecule has 2 N–H and O–H groups in total. The van der Waals surface area contributed by atoms with Crippen LogP contribution in [0.25, 0.3) is 0 Å². The molecule has 0 aromatic heterocycles. The van der Waals surface area contributed by atoms with Crippen molar-refractivity contribution in [2.45, 2.75) is 26.2 Å². The summed E-state index contributed by atoms with van der Waals surface area (Å²) in [5.74, 6) is 0.448. The predicted molar refractivity (Wildman–Crippen MR) is 62.6 cm³/mol. The van der Waals surface area contributed by atoms with Crippen LogP contribution in [0.4, 0.5) is 0 Å². The molecule has 1 unspecified atom stereocenters. The Morgan fingerprint density at radius 3 is 2.60 bits per heavy atom. The summed E-state index contributed by atoms with van der Waals surface area (Å²) < 4.78 is 0. The minimum atomic E-state index is 0.133. The van der Waals surface area contributed by atoms with Crippen LogP contribution in [0.1, 0.15) is 25.3 Å². The molecule has 0 heterocycles. The van der Waals surface area contributed by atoms with Crippen LogP contribution in [0.3, 0.4) is 0 Å². The summed E-state index contributed by atoms with van der Waals surface area (Å²) in [6, 6.07) is 9.88. The highest BCUT2D eigenvalue weighted by Crippen LogP contribution is 2.10. The number of carbonyl (C=O) groups is 1. The molecule has 2 heteroatoms. The summed E-state index contributed by atoms with van der Waals surface area (Å²) in [6.45, 7) is 2.66. The summed E-state index contributed by atoms with van der Waals surface area (Å²) in [5, 5.41) is 0. The van der Waals surface area contributed by atoms with Crippen LogP contribution in [-0.2, 0) is 11.2 Å². The van der Waals surface area contributed by atoms with E-state index in [1.807, 2.05) is 37.3 Å². The highest BCUT2D eigenvalue weighted by molar-refractivity contribution is 5.82.